The number of hydrogen-bond acceptors (Lipinski definition) is 3. The fourth-order valence-electron chi connectivity index (χ4n) is 2.02. The Hall–Kier alpha value is -1.36. The van der Waals surface area contributed by atoms with Gasteiger partial charge in [0.2, 0.25) is 0 Å². The van der Waals surface area contributed by atoms with Crippen LogP contribution in [0, 0.1) is 6.92 Å². The molecule has 2 aromatic rings. The normalized spacial score (nSPS) is 10.6. The molecule has 0 radical (unpaired) electrons. The van der Waals surface area contributed by atoms with E-state index in [1.54, 1.807) is 0 Å². The van der Waals surface area contributed by atoms with Gasteiger partial charge in [-0.1, -0.05) is 40.2 Å². The average Bonchev–Trinajstić information content (AvgIpc) is 2.46. The predicted octanol–water partition coefficient (Wildman–Crippen LogP) is 3.32. The minimum atomic E-state index is -0.0565. The van der Waals surface area contributed by atoms with E-state index in [1.807, 2.05) is 43.3 Å². The number of halogens is 1. The van der Waals surface area contributed by atoms with Gasteiger partial charge in [-0.15, -0.1) is 0 Å². The van der Waals surface area contributed by atoms with Crippen LogP contribution in [0.15, 0.2) is 40.9 Å². The number of hydrogen-bond donors (Lipinski definition) is 2. The summed E-state index contributed by atoms with van der Waals surface area (Å²) in [5, 5.41) is 18.4. The summed E-state index contributed by atoms with van der Waals surface area (Å²) < 4.78 is 6.76. The summed E-state index contributed by atoms with van der Waals surface area (Å²) in [4.78, 5) is 0. The second-order valence-electron chi connectivity index (χ2n) is 4.63. The van der Waals surface area contributed by atoms with Crippen LogP contribution in [0.2, 0.25) is 0 Å². The van der Waals surface area contributed by atoms with Crippen LogP contribution in [0.5, 0.6) is 5.75 Å². The molecule has 2 rings (SSSR count). The molecule has 20 heavy (non-hydrogen) atoms. The molecule has 0 aliphatic heterocycles. The summed E-state index contributed by atoms with van der Waals surface area (Å²) in [7, 11) is 0. The largest absolute Gasteiger partial charge is 0.488 e. The SMILES string of the molecule is Cc1cc(Br)cc(CO)c1OCc1ccc(CO)cc1. The number of aliphatic hydroxyl groups excluding tert-OH is 2. The van der Waals surface area contributed by atoms with Crippen LogP contribution in [0.1, 0.15) is 22.3 Å². The zero-order valence-electron chi connectivity index (χ0n) is 11.3. The van der Waals surface area contributed by atoms with Crippen molar-refractivity contribution in [1.29, 1.82) is 0 Å². The lowest BCUT2D eigenvalue weighted by Gasteiger charge is -2.14. The highest BCUT2D eigenvalue weighted by Gasteiger charge is 2.08. The summed E-state index contributed by atoms with van der Waals surface area (Å²) in [6.07, 6.45) is 0. The van der Waals surface area contributed by atoms with E-state index in [0.717, 1.165) is 32.5 Å². The molecule has 0 spiro atoms. The van der Waals surface area contributed by atoms with Crippen LogP contribution >= 0.6 is 15.9 Å². The number of aliphatic hydroxyl groups is 2. The Morgan fingerprint density at radius 1 is 1.00 bits per heavy atom. The van der Waals surface area contributed by atoms with Gasteiger partial charge in [-0.3, -0.25) is 0 Å². The van der Waals surface area contributed by atoms with Gasteiger partial charge in [-0.2, -0.15) is 0 Å². The number of ether oxygens (including phenoxy) is 1. The zero-order valence-corrected chi connectivity index (χ0v) is 12.9. The standard InChI is InChI=1S/C16H17BrO3/c1-11-6-15(17)7-14(9-19)16(11)20-10-13-4-2-12(8-18)3-5-13/h2-7,18-19H,8-10H2,1H3. The molecule has 0 atom stereocenters. The van der Waals surface area contributed by atoms with Crippen LogP contribution < -0.4 is 4.74 Å². The van der Waals surface area contributed by atoms with E-state index in [1.165, 1.54) is 0 Å². The van der Waals surface area contributed by atoms with Gasteiger partial charge in [0.05, 0.1) is 13.2 Å². The van der Waals surface area contributed by atoms with E-state index in [2.05, 4.69) is 15.9 Å². The van der Waals surface area contributed by atoms with Crippen LogP contribution in [-0.2, 0) is 19.8 Å². The van der Waals surface area contributed by atoms with Gasteiger partial charge in [0.15, 0.2) is 0 Å². The highest BCUT2D eigenvalue weighted by atomic mass is 79.9. The van der Waals surface area contributed by atoms with Gasteiger partial charge < -0.3 is 14.9 Å². The molecule has 0 unspecified atom stereocenters. The maximum atomic E-state index is 9.40. The molecule has 0 aromatic heterocycles. The van der Waals surface area contributed by atoms with Gasteiger partial charge >= 0.3 is 0 Å². The zero-order chi connectivity index (χ0) is 14.5. The highest BCUT2D eigenvalue weighted by molar-refractivity contribution is 9.10. The van der Waals surface area contributed by atoms with Crippen molar-refractivity contribution < 1.29 is 14.9 Å². The van der Waals surface area contributed by atoms with E-state index >= 15 is 0 Å². The second kappa shape index (κ2) is 6.88. The maximum absolute atomic E-state index is 9.40. The van der Waals surface area contributed by atoms with Gasteiger partial charge in [0, 0.05) is 10.0 Å². The van der Waals surface area contributed by atoms with Crippen molar-refractivity contribution in [2.45, 2.75) is 26.7 Å². The Balaban J connectivity index is 2.13. The topological polar surface area (TPSA) is 49.7 Å². The summed E-state index contributed by atoms with van der Waals surface area (Å²) in [6, 6.07) is 11.4. The van der Waals surface area contributed by atoms with Gasteiger partial charge in [0.1, 0.15) is 12.4 Å². The number of rotatable bonds is 5. The molecule has 0 aliphatic rings. The van der Waals surface area contributed by atoms with Gasteiger partial charge in [0.25, 0.3) is 0 Å². The summed E-state index contributed by atoms with van der Waals surface area (Å²) in [6.45, 7) is 2.37. The Labute approximate surface area is 127 Å². The van der Waals surface area contributed by atoms with Crippen LogP contribution in [-0.4, -0.2) is 10.2 Å². The van der Waals surface area contributed by atoms with Crippen molar-refractivity contribution in [2.24, 2.45) is 0 Å². The lowest BCUT2D eigenvalue weighted by molar-refractivity contribution is 0.257. The first kappa shape index (κ1) is 15.0. The first-order valence-electron chi connectivity index (χ1n) is 6.35. The lowest BCUT2D eigenvalue weighted by atomic mass is 10.1. The van der Waals surface area contributed by atoms with E-state index in [9.17, 15) is 5.11 Å². The predicted molar refractivity (Wildman–Crippen MR) is 81.5 cm³/mol. The minimum absolute atomic E-state index is 0.0433. The third-order valence-electron chi connectivity index (χ3n) is 3.08. The van der Waals surface area contributed by atoms with E-state index < -0.39 is 0 Å². The Bertz CT molecular complexity index is 579. The molecule has 0 aliphatic carbocycles. The molecule has 0 fully saturated rings. The van der Waals surface area contributed by atoms with Crippen molar-refractivity contribution >= 4 is 15.9 Å². The summed E-state index contributed by atoms with van der Waals surface area (Å²) in [5.74, 6) is 0.724. The van der Waals surface area contributed by atoms with Gasteiger partial charge in [-0.25, -0.2) is 0 Å². The van der Waals surface area contributed by atoms with Crippen molar-refractivity contribution in [2.75, 3.05) is 0 Å². The van der Waals surface area contributed by atoms with E-state index in [-0.39, 0.29) is 13.2 Å². The van der Waals surface area contributed by atoms with Crippen molar-refractivity contribution in [3.8, 4) is 5.75 Å². The molecule has 0 bridgehead atoms. The molecular weight excluding hydrogens is 320 g/mol. The average molecular weight is 337 g/mol. The van der Waals surface area contributed by atoms with Crippen LogP contribution in [0.4, 0.5) is 0 Å². The highest BCUT2D eigenvalue weighted by Crippen LogP contribution is 2.28. The van der Waals surface area contributed by atoms with Crippen molar-refractivity contribution in [1.82, 2.24) is 0 Å². The van der Waals surface area contributed by atoms with Gasteiger partial charge in [-0.05, 0) is 35.7 Å². The molecule has 2 N–H and O–H groups in total. The van der Waals surface area contributed by atoms with Crippen LogP contribution in [0.25, 0.3) is 0 Å². The monoisotopic (exact) mass is 336 g/mol. The molecule has 4 heteroatoms. The molecule has 106 valence electrons. The molecule has 0 amide bonds. The number of benzene rings is 2. The molecule has 0 saturated carbocycles. The summed E-state index contributed by atoms with van der Waals surface area (Å²) >= 11 is 3.41. The lowest BCUT2D eigenvalue weighted by Crippen LogP contribution is -2.01. The molecule has 0 saturated heterocycles. The molecular formula is C16H17BrO3. The quantitative estimate of drug-likeness (QED) is 0.880. The first-order valence-corrected chi connectivity index (χ1v) is 7.14. The van der Waals surface area contributed by atoms with Crippen molar-refractivity contribution in [3.63, 3.8) is 0 Å². The first-order chi connectivity index (χ1) is 9.63. The molecule has 2 aromatic carbocycles. The third-order valence-corrected chi connectivity index (χ3v) is 3.53. The second-order valence-corrected chi connectivity index (χ2v) is 5.55. The smallest absolute Gasteiger partial charge is 0.128 e. The third kappa shape index (κ3) is 3.60. The van der Waals surface area contributed by atoms with E-state index in [0.29, 0.717) is 6.61 Å². The van der Waals surface area contributed by atoms with E-state index in [4.69, 9.17) is 9.84 Å². The Kier molecular flexibility index (Phi) is 5.17. The minimum Gasteiger partial charge on any atom is -0.488 e. The number of aryl methyl sites for hydroxylation is 1. The summed E-state index contributed by atoms with van der Waals surface area (Å²) in [5.41, 5.74) is 3.65. The molecule has 3 nitrogen and oxygen atoms in total. The Morgan fingerprint density at radius 3 is 2.25 bits per heavy atom. The van der Waals surface area contributed by atoms with Crippen molar-refractivity contribution in [3.05, 3.63) is 63.1 Å². The Morgan fingerprint density at radius 2 is 1.65 bits per heavy atom. The fraction of sp³-hybridized carbons (Fsp3) is 0.250. The maximum Gasteiger partial charge on any atom is 0.128 e. The molecule has 0 heterocycles. The fourth-order valence-corrected chi connectivity index (χ4v) is 2.64. The van der Waals surface area contributed by atoms with Crippen LogP contribution in [0.3, 0.4) is 0 Å².